The van der Waals surface area contributed by atoms with Crippen LogP contribution in [0.1, 0.15) is 9.67 Å². The number of benzene rings is 1. The third kappa shape index (κ3) is 3.20. The maximum Gasteiger partial charge on any atom is 0.349 e. The van der Waals surface area contributed by atoms with Gasteiger partial charge in [-0.2, -0.15) is 4.98 Å². The van der Waals surface area contributed by atoms with Crippen molar-refractivity contribution in [2.45, 2.75) is 0 Å². The monoisotopic (exact) mass is 330 g/mol. The maximum absolute atomic E-state index is 10.9. The predicted octanol–water partition coefficient (Wildman–Crippen LogP) is 3.20. The lowest BCUT2D eigenvalue weighted by Crippen LogP contribution is -1.93. The van der Waals surface area contributed by atoms with Crippen LogP contribution in [0, 0.1) is 10.1 Å². The fraction of sp³-hybridized carbons (Fsp3) is 0.0909. The van der Waals surface area contributed by atoms with Crippen molar-refractivity contribution in [3.63, 3.8) is 0 Å². The van der Waals surface area contributed by atoms with Crippen LogP contribution in [0.4, 0.5) is 5.69 Å². The summed E-state index contributed by atoms with van der Waals surface area (Å²) in [5.74, 6) is -0.944. The number of ether oxygens (including phenoxy) is 2. The van der Waals surface area contributed by atoms with Gasteiger partial charge in [0, 0.05) is 6.07 Å². The van der Waals surface area contributed by atoms with Crippen molar-refractivity contribution in [1.29, 1.82) is 0 Å². The molecular formula is C11H7ClN2O6S. The molecule has 0 fully saturated rings. The number of nitro benzene ring substituents is 1. The Bertz CT molecular complexity index is 717. The largest absolute Gasteiger partial charge is 0.493 e. The quantitative estimate of drug-likeness (QED) is 0.661. The Kier molecular flexibility index (Phi) is 4.24. The molecule has 0 aliphatic carbocycles. The molecule has 0 saturated heterocycles. The first-order valence-corrected chi connectivity index (χ1v) is 6.51. The normalized spacial score (nSPS) is 10.2. The zero-order valence-corrected chi connectivity index (χ0v) is 12.0. The van der Waals surface area contributed by atoms with Gasteiger partial charge in [-0.15, -0.1) is 0 Å². The molecule has 0 aliphatic rings. The second kappa shape index (κ2) is 5.94. The topological polar surface area (TPSA) is 112 Å². The number of aromatic nitrogens is 1. The van der Waals surface area contributed by atoms with Gasteiger partial charge in [0.15, 0.2) is 21.5 Å². The number of hydrogen-bond donors (Lipinski definition) is 1. The van der Waals surface area contributed by atoms with Gasteiger partial charge < -0.3 is 14.6 Å². The summed E-state index contributed by atoms with van der Waals surface area (Å²) >= 11 is 6.40. The average Bonchev–Trinajstić information content (AvgIpc) is 2.80. The first kappa shape index (κ1) is 15.0. The summed E-state index contributed by atoms with van der Waals surface area (Å²) in [7, 11) is 1.32. The third-order valence-electron chi connectivity index (χ3n) is 2.32. The minimum atomic E-state index is -1.22. The van der Waals surface area contributed by atoms with E-state index >= 15 is 0 Å². The third-order valence-corrected chi connectivity index (χ3v) is 3.62. The highest BCUT2D eigenvalue weighted by molar-refractivity contribution is 7.15. The Morgan fingerprint density at radius 2 is 2.19 bits per heavy atom. The van der Waals surface area contributed by atoms with Gasteiger partial charge in [-0.05, 0) is 6.07 Å². The van der Waals surface area contributed by atoms with E-state index in [0.717, 1.165) is 11.3 Å². The first-order chi connectivity index (χ1) is 9.92. The van der Waals surface area contributed by atoms with Gasteiger partial charge in [0.05, 0.1) is 18.1 Å². The van der Waals surface area contributed by atoms with Crippen LogP contribution in [0.15, 0.2) is 18.2 Å². The summed E-state index contributed by atoms with van der Waals surface area (Å²) in [6.07, 6.45) is 0. The van der Waals surface area contributed by atoms with E-state index in [1.54, 1.807) is 0 Å². The lowest BCUT2D eigenvalue weighted by Gasteiger charge is -2.07. The van der Waals surface area contributed by atoms with Crippen LogP contribution in [-0.2, 0) is 0 Å². The average molecular weight is 331 g/mol. The molecule has 0 bridgehead atoms. The summed E-state index contributed by atoms with van der Waals surface area (Å²) in [6.45, 7) is 0. The van der Waals surface area contributed by atoms with Crippen LogP contribution >= 0.6 is 22.9 Å². The second-order valence-electron chi connectivity index (χ2n) is 3.60. The van der Waals surface area contributed by atoms with Crippen LogP contribution in [-0.4, -0.2) is 28.1 Å². The van der Waals surface area contributed by atoms with E-state index in [-0.39, 0.29) is 32.4 Å². The first-order valence-electron chi connectivity index (χ1n) is 5.32. The van der Waals surface area contributed by atoms with Gasteiger partial charge in [-0.3, -0.25) is 10.1 Å². The highest BCUT2D eigenvalue weighted by Crippen LogP contribution is 2.37. The number of halogens is 1. The lowest BCUT2D eigenvalue weighted by atomic mass is 10.3. The summed E-state index contributed by atoms with van der Waals surface area (Å²) in [4.78, 5) is 24.6. The summed E-state index contributed by atoms with van der Waals surface area (Å²) in [5, 5.41) is 19.4. The molecular weight excluding hydrogens is 324 g/mol. The van der Waals surface area contributed by atoms with E-state index in [2.05, 4.69) is 4.98 Å². The Balaban J connectivity index is 2.33. The summed E-state index contributed by atoms with van der Waals surface area (Å²) in [6, 6.07) is 3.74. The SMILES string of the molecule is COc1cc([N+](=O)[O-])ccc1Oc1nc(Cl)c(C(=O)O)s1. The molecule has 1 aromatic carbocycles. The number of aromatic carboxylic acids is 1. The highest BCUT2D eigenvalue weighted by Gasteiger charge is 2.19. The molecule has 2 rings (SSSR count). The minimum absolute atomic E-state index is 0.00967. The smallest absolute Gasteiger partial charge is 0.349 e. The van der Waals surface area contributed by atoms with Gasteiger partial charge in [-0.1, -0.05) is 22.9 Å². The number of nitrogens with zero attached hydrogens (tertiary/aromatic N) is 2. The molecule has 0 atom stereocenters. The molecule has 0 amide bonds. The van der Waals surface area contributed by atoms with E-state index in [1.807, 2.05) is 0 Å². The Morgan fingerprint density at radius 1 is 1.48 bits per heavy atom. The Hall–Kier alpha value is -2.39. The molecule has 1 aromatic heterocycles. The summed E-state index contributed by atoms with van der Waals surface area (Å²) < 4.78 is 10.3. The van der Waals surface area contributed by atoms with E-state index in [9.17, 15) is 14.9 Å². The summed E-state index contributed by atoms with van der Waals surface area (Å²) in [5.41, 5.74) is -0.164. The maximum atomic E-state index is 10.9. The molecule has 10 heteroatoms. The number of nitro groups is 1. The molecule has 0 spiro atoms. The second-order valence-corrected chi connectivity index (χ2v) is 4.92. The van der Waals surface area contributed by atoms with Crippen LogP contribution in [0.5, 0.6) is 16.7 Å². The number of methoxy groups -OCH3 is 1. The van der Waals surface area contributed by atoms with E-state index in [4.69, 9.17) is 26.2 Å². The number of hydrogen-bond acceptors (Lipinski definition) is 7. The van der Waals surface area contributed by atoms with Crippen molar-refractivity contribution in [3.8, 4) is 16.7 Å². The standard InChI is InChI=1S/C11H7ClN2O6S/c1-19-7-4-5(14(17)18)2-3-6(7)20-11-13-9(12)8(21-11)10(15)16/h2-4H,1H3,(H,15,16). The Morgan fingerprint density at radius 3 is 2.71 bits per heavy atom. The minimum Gasteiger partial charge on any atom is -0.493 e. The van der Waals surface area contributed by atoms with Crippen LogP contribution in [0.2, 0.25) is 5.15 Å². The van der Waals surface area contributed by atoms with Crippen LogP contribution in [0.25, 0.3) is 0 Å². The predicted molar refractivity (Wildman–Crippen MR) is 73.8 cm³/mol. The molecule has 1 N–H and O–H groups in total. The zero-order chi connectivity index (χ0) is 15.6. The molecule has 0 radical (unpaired) electrons. The molecule has 0 unspecified atom stereocenters. The molecule has 2 aromatic rings. The number of non-ortho nitro benzene ring substituents is 1. The number of rotatable bonds is 5. The van der Waals surface area contributed by atoms with Crippen molar-refractivity contribution < 1.29 is 24.3 Å². The number of carbonyl (C=O) groups is 1. The van der Waals surface area contributed by atoms with Crippen molar-refractivity contribution >= 4 is 34.6 Å². The van der Waals surface area contributed by atoms with Crippen molar-refractivity contribution in [3.05, 3.63) is 38.3 Å². The van der Waals surface area contributed by atoms with Gasteiger partial charge >= 0.3 is 5.97 Å². The fourth-order valence-electron chi connectivity index (χ4n) is 1.41. The van der Waals surface area contributed by atoms with Crippen LogP contribution < -0.4 is 9.47 Å². The molecule has 0 saturated carbocycles. The Labute approximate surface area is 126 Å². The van der Waals surface area contributed by atoms with E-state index in [1.165, 1.54) is 25.3 Å². The fourth-order valence-corrected chi connectivity index (χ4v) is 2.39. The van der Waals surface area contributed by atoms with Gasteiger partial charge in [0.2, 0.25) is 0 Å². The molecule has 1 heterocycles. The molecule has 21 heavy (non-hydrogen) atoms. The van der Waals surface area contributed by atoms with Crippen LogP contribution in [0.3, 0.4) is 0 Å². The zero-order valence-electron chi connectivity index (χ0n) is 10.4. The number of carboxylic acids is 1. The van der Waals surface area contributed by atoms with E-state index in [0.29, 0.717) is 0 Å². The number of thiazole rings is 1. The lowest BCUT2D eigenvalue weighted by molar-refractivity contribution is -0.384. The number of carboxylic acid groups (broad SMARTS) is 1. The van der Waals surface area contributed by atoms with Crippen molar-refractivity contribution in [1.82, 2.24) is 4.98 Å². The van der Waals surface area contributed by atoms with Gasteiger partial charge in [0.1, 0.15) is 0 Å². The van der Waals surface area contributed by atoms with Gasteiger partial charge in [-0.25, -0.2) is 4.79 Å². The van der Waals surface area contributed by atoms with Crippen molar-refractivity contribution in [2.75, 3.05) is 7.11 Å². The van der Waals surface area contributed by atoms with Gasteiger partial charge in [0.25, 0.3) is 10.9 Å². The molecule has 8 nitrogen and oxygen atoms in total. The molecule has 110 valence electrons. The van der Waals surface area contributed by atoms with E-state index < -0.39 is 10.9 Å². The van der Waals surface area contributed by atoms with Crippen molar-refractivity contribution in [2.24, 2.45) is 0 Å². The molecule has 0 aliphatic heterocycles. The highest BCUT2D eigenvalue weighted by atomic mass is 35.5.